The first-order chi connectivity index (χ1) is 10.2. The second-order valence-corrected chi connectivity index (χ2v) is 6.30. The molecule has 1 N–H and O–H groups in total. The van der Waals surface area contributed by atoms with Crippen LogP contribution in [-0.2, 0) is 4.79 Å². The smallest absolute Gasteiger partial charge is 0.305 e. The number of aliphatic carboxylic acids is 1. The molecule has 0 aliphatic carbocycles. The maximum absolute atomic E-state index is 12.8. The summed E-state index contributed by atoms with van der Waals surface area (Å²) in [7, 11) is 0. The van der Waals surface area contributed by atoms with Crippen molar-refractivity contribution in [2.75, 3.05) is 6.54 Å². The van der Waals surface area contributed by atoms with Crippen molar-refractivity contribution in [2.45, 2.75) is 31.7 Å². The van der Waals surface area contributed by atoms with Gasteiger partial charge in [-0.25, -0.2) is 0 Å². The monoisotopic (exact) mass is 303 g/mol. The molecule has 0 bridgehead atoms. The lowest BCUT2D eigenvalue weighted by atomic mass is 9.98. The van der Waals surface area contributed by atoms with Gasteiger partial charge in [-0.3, -0.25) is 9.59 Å². The predicted molar refractivity (Wildman–Crippen MR) is 82.8 cm³/mol. The molecule has 0 saturated carbocycles. The first-order valence-corrected chi connectivity index (χ1v) is 8.04. The van der Waals surface area contributed by atoms with E-state index in [2.05, 4.69) is 0 Å². The Bertz CT molecular complexity index is 679. The number of likely N-dealkylation sites (tertiary alicyclic amines) is 1. The van der Waals surface area contributed by atoms with Gasteiger partial charge in [-0.2, -0.15) is 0 Å². The van der Waals surface area contributed by atoms with E-state index in [1.807, 2.05) is 29.6 Å². The van der Waals surface area contributed by atoms with E-state index in [1.165, 1.54) is 0 Å². The molecule has 2 aromatic rings. The summed E-state index contributed by atoms with van der Waals surface area (Å²) in [6, 6.07) is 7.66. The molecular weight excluding hydrogens is 286 g/mol. The Morgan fingerprint density at radius 2 is 2.10 bits per heavy atom. The molecule has 4 nitrogen and oxygen atoms in total. The van der Waals surface area contributed by atoms with Crippen molar-refractivity contribution in [1.82, 2.24) is 4.90 Å². The molecule has 1 fully saturated rings. The number of thiophene rings is 1. The molecule has 1 aliphatic rings. The van der Waals surface area contributed by atoms with E-state index in [1.54, 1.807) is 16.2 Å². The highest BCUT2D eigenvalue weighted by atomic mass is 32.1. The Morgan fingerprint density at radius 1 is 1.29 bits per heavy atom. The van der Waals surface area contributed by atoms with Gasteiger partial charge in [0.25, 0.3) is 5.91 Å². The molecule has 3 rings (SSSR count). The van der Waals surface area contributed by atoms with Crippen molar-refractivity contribution in [1.29, 1.82) is 0 Å². The molecule has 0 radical (unpaired) electrons. The minimum Gasteiger partial charge on any atom is -0.481 e. The second-order valence-electron chi connectivity index (χ2n) is 5.39. The predicted octanol–water partition coefficient (Wildman–Crippen LogP) is 3.37. The summed E-state index contributed by atoms with van der Waals surface area (Å²) in [4.78, 5) is 25.6. The molecule has 1 saturated heterocycles. The highest BCUT2D eigenvalue weighted by molar-refractivity contribution is 7.17. The van der Waals surface area contributed by atoms with Gasteiger partial charge in [-0.15, -0.1) is 11.3 Å². The van der Waals surface area contributed by atoms with Crippen LogP contribution < -0.4 is 0 Å². The molecule has 1 unspecified atom stereocenters. The number of carboxylic acids is 1. The largest absolute Gasteiger partial charge is 0.481 e. The first-order valence-electron chi connectivity index (χ1n) is 7.16. The lowest BCUT2D eigenvalue weighted by molar-refractivity contribution is -0.138. The summed E-state index contributed by atoms with van der Waals surface area (Å²) in [5, 5.41) is 11.9. The maximum Gasteiger partial charge on any atom is 0.305 e. The number of hydrogen-bond donors (Lipinski definition) is 1. The Hall–Kier alpha value is -1.88. The number of carboxylic acid groups (broad SMARTS) is 1. The number of nitrogens with zero attached hydrogens (tertiary/aromatic N) is 1. The first kappa shape index (κ1) is 14.1. The van der Waals surface area contributed by atoms with Gasteiger partial charge in [-0.1, -0.05) is 18.2 Å². The van der Waals surface area contributed by atoms with Crippen molar-refractivity contribution < 1.29 is 14.7 Å². The standard InChI is InChI=1S/C16H17NO3S/c18-15(19)9-11-5-3-4-8-17(11)16(20)13-10-21-14-7-2-1-6-12(13)14/h1-2,6-7,10-11H,3-5,8-9H2,(H,18,19). The number of fused-ring (bicyclic) bond motifs is 1. The van der Waals surface area contributed by atoms with Crippen LogP contribution in [0.4, 0.5) is 0 Å². The molecule has 21 heavy (non-hydrogen) atoms. The zero-order chi connectivity index (χ0) is 14.8. The van der Waals surface area contributed by atoms with E-state index in [9.17, 15) is 9.59 Å². The molecule has 0 spiro atoms. The van der Waals surface area contributed by atoms with Gasteiger partial charge in [-0.05, 0) is 25.3 Å². The zero-order valence-electron chi connectivity index (χ0n) is 11.6. The summed E-state index contributed by atoms with van der Waals surface area (Å²) >= 11 is 1.56. The summed E-state index contributed by atoms with van der Waals surface area (Å²) in [5.41, 5.74) is 0.702. The highest BCUT2D eigenvalue weighted by Gasteiger charge is 2.30. The fourth-order valence-electron chi connectivity index (χ4n) is 2.98. The van der Waals surface area contributed by atoms with Crippen molar-refractivity contribution in [3.05, 3.63) is 35.2 Å². The maximum atomic E-state index is 12.8. The van der Waals surface area contributed by atoms with Crippen molar-refractivity contribution in [3.8, 4) is 0 Å². The van der Waals surface area contributed by atoms with Crippen LogP contribution >= 0.6 is 11.3 Å². The van der Waals surface area contributed by atoms with Gasteiger partial charge < -0.3 is 10.0 Å². The van der Waals surface area contributed by atoms with E-state index >= 15 is 0 Å². The Balaban J connectivity index is 1.90. The summed E-state index contributed by atoms with van der Waals surface area (Å²) < 4.78 is 1.09. The molecule has 1 atom stereocenters. The summed E-state index contributed by atoms with van der Waals surface area (Å²) in [5.74, 6) is -0.867. The molecule has 1 aromatic carbocycles. The molecular formula is C16H17NO3S. The Kier molecular flexibility index (Phi) is 3.92. The fourth-order valence-corrected chi connectivity index (χ4v) is 3.91. The van der Waals surface area contributed by atoms with Crippen LogP contribution in [0.1, 0.15) is 36.0 Å². The molecule has 110 valence electrons. The number of amides is 1. The minimum absolute atomic E-state index is 0.0293. The topological polar surface area (TPSA) is 57.6 Å². The lowest BCUT2D eigenvalue weighted by Crippen LogP contribution is -2.44. The number of rotatable bonds is 3. The lowest BCUT2D eigenvalue weighted by Gasteiger charge is -2.35. The number of carbonyl (C=O) groups excluding carboxylic acids is 1. The van der Waals surface area contributed by atoms with Gasteiger partial charge in [0.1, 0.15) is 0 Å². The van der Waals surface area contributed by atoms with Crippen LogP contribution in [0.3, 0.4) is 0 Å². The highest BCUT2D eigenvalue weighted by Crippen LogP contribution is 2.29. The van der Waals surface area contributed by atoms with Crippen LogP contribution in [0.5, 0.6) is 0 Å². The van der Waals surface area contributed by atoms with Crippen LogP contribution in [0.25, 0.3) is 10.1 Å². The molecule has 1 aromatic heterocycles. The molecule has 1 amide bonds. The van der Waals surface area contributed by atoms with Gasteiger partial charge in [0.2, 0.25) is 0 Å². The third kappa shape index (κ3) is 2.78. The third-order valence-corrected chi connectivity index (χ3v) is 4.97. The van der Waals surface area contributed by atoms with Gasteiger partial charge in [0.15, 0.2) is 0 Å². The second kappa shape index (κ2) is 5.85. The van der Waals surface area contributed by atoms with Crippen molar-refractivity contribution in [2.24, 2.45) is 0 Å². The molecule has 2 heterocycles. The van der Waals surface area contributed by atoms with E-state index in [0.717, 1.165) is 29.3 Å². The van der Waals surface area contributed by atoms with Crippen LogP contribution in [-0.4, -0.2) is 34.5 Å². The van der Waals surface area contributed by atoms with Crippen molar-refractivity contribution >= 4 is 33.3 Å². The van der Waals surface area contributed by atoms with E-state index in [0.29, 0.717) is 12.1 Å². The van der Waals surface area contributed by atoms with Crippen LogP contribution in [0.2, 0.25) is 0 Å². The van der Waals surface area contributed by atoms with Gasteiger partial charge >= 0.3 is 5.97 Å². The van der Waals surface area contributed by atoms with Gasteiger partial charge in [0, 0.05) is 28.1 Å². The summed E-state index contributed by atoms with van der Waals surface area (Å²) in [6.07, 6.45) is 2.75. The van der Waals surface area contributed by atoms with Crippen molar-refractivity contribution in [3.63, 3.8) is 0 Å². The average Bonchev–Trinajstić information content (AvgIpc) is 2.90. The fraction of sp³-hybridized carbons (Fsp3) is 0.375. The summed E-state index contributed by atoms with van der Waals surface area (Å²) in [6.45, 7) is 0.654. The van der Waals surface area contributed by atoms with Crippen LogP contribution in [0, 0.1) is 0 Å². The van der Waals surface area contributed by atoms with E-state index in [-0.39, 0.29) is 18.4 Å². The van der Waals surface area contributed by atoms with E-state index < -0.39 is 5.97 Å². The van der Waals surface area contributed by atoms with E-state index in [4.69, 9.17) is 5.11 Å². The SMILES string of the molecule is O=C(O)CC1CCCCN1C(=O)c1csc2ccccc12. The normalized spacial score (nSPS) is 18.9. The molecule has 1 aliphatic heterocycles. The number of hydrogen-bond acceptors (Lipinski definition) is 3. The van der Waals surface area contributed by atoms with Gasteiger partial charge in [0.05, 0.1) is 12.0 Å². The zero-order valence-corrected chi connectivity index (χ0v) is 12.4. The minimum atomic E-state index is -0.838. The third-order valence-electron chi connectivity index (χ3n) is 4.01. The number of carbonyl (C=O) groups is 2. The number of benzene rings is 1. The van der Waals surface area contributed by atoms with Crippen LogP contribution in [0.15, 0.2) is 29.6 Å². The molecule has 5 heteroatoms. The Labute approximate surface area is 127 Å². The Morgan fingerprint density at radius 3 is 2.90 bits per heavy atom. The average molecular weight is 303 g/mol. The quantitative estimate of drug-likeness (QED) is 0.945. The number of piperidine rings is 1.